The van der Waals surface area contributed by atoms with E-state index in [-0.39, 0.29) is 16.7 Å². The number of alkyl halides is 3. The fraction of sp³-hybridized carbons (Fsp3) is 0.368. The van der Waals surface area contributed by atoms with Crippen LogP contribution in [0.25, 0.3) is 22.7 Å². The summed E-state index contributed by atoms with van der Waals surface area (Å²) in [5, 5.41) is 9.47. The molecular weight excluding hydrogens is 419 g/mol. The highest BCUT2D eigenvalue weighted by molar-refractivity contribution is 8.00. The van der Waals surface area contributed by atoms with Crippen LogP contribution in [0.15, 0.2) is 34.3 Å². The molecule has 0 spiro atoms. The Morgan fingerprint density at radius 2 is 2.00 bits per heavy atom. The zero-order chi connectivity index (χ0) is 20.8. The van der Waals surface area contributed by atoms with Crippen LogP contribution in [0.1, 0.15) is 25.3 Å². The molecule has 1 aliphatic rings. The molecular formula is C19H16F3N5S2. The van der Waals surface area contributed by atoms with E-state index in [1.807, 2.05) is 13.0 Å². The SMILES string of the molecule is CCSc1cc(C2(C#N)CC2)cnc1-c1nc2cc(SC(F)(F)F)cnc2n1C. The Bertz CT molecular complexity index is 1130. The second kappa shape index (κ2) is 7.22. The van der Waals surface area contributed by atoms with Crippen molar-refractivity contribution in [2.24, 2.45) is 7.05 Å². The Balaban J connectivity index is 1.79. The Morgan fingerprint density at radius 1 is 1.24 bits per heavy atom. The number of aryl methyl sites for hydroxylation is 1. The molecule has 150 valence electrons. The van der Waals surface area contributed by atoms with Crippen LogP contribution >= 0.6 is 23.5 Å². The first-order valence-electron chi connectivity index (χ1n) is 8.89. The molecule has 0 bridgehead atoms. The molecule has 0 N–H and O–H groups in total. The molecule has 0 amide bonds. The molecule has 0 aromatic carbocycles. The molecule has 3 aromatic rings. The molecule has 4 rings (SSSR count). The number of aromatic nitrogens is 4. The van der Waals surface area contributed by atoms with Gasteiger partial charge in [0.1, 0.15) is 11.2 Å². The number of imidazole rings is 1. The van der Waals surface area contributed by atoms with Crippen LogP contribution in [-0.4, -0.2) is 30.8 Å². The van der Waals surface area contributed by atoms with E-state index in [0.29, 0.717) is 22.7 Å². The van der Waals surface area contributed by atoms with Crippen LogP contribution in [0.5, 0.6) is 0 Å². The maximum Gasteiger partial charge on any atom is 0.446 e. The van der Waals surface area contributed by atoms with Gasteiger partial charge in [-0.1, -0.05) is 6.92 Å². The van der Waals surface area contributed by atoms with Gasteiger partial charge < -0.3 is 4.57 Å². The molecule has 5 nitrogen and oxygen atoms in total. The van der Waals surface area contributed by atoms with E-state index in [9.17, 15) is 18.4 Å². The number of nitriles is 1. The quantitative estimate of drug-likeness (QED) is 0.506. The first-order valence-corrected chi connectivity index (χ1v) is 10.7. The summed E-state index contributed by atoms with van der Waals surface area (Å²) >= 11 is 1.39. The summed E-state index contributed by atoms with van der Waals surface area (Å²) in [5.74, 6) is 1.35. The molecule has 1 saturated carbocycles. The number of fused-ring (bicyclic) bond motifs is 1. The van der Waals surface area contributed by atoms with Crippen molar-refractivity contribution in [1.29, 1.82) is 5.26 Å². The Kier molecular flexibility index (Phi) is 4.99. The van der Waals surface area contributed by atoms with E-state index < -0.39 is 10.9 Å². The molecule has 0 radical (unpaired) electrons. The average molecular weight is 436 g/mol. The third-order valence-corrected chi connectivity index (χ3v) is 6.40. The first kappa shape index (κ1) is 20.0. The summed E-state index contributed by atoms with van der Waals surface area (Å²) in [6.07, 6.45) is 4.57. The van der Waals surface area contributed by atoms with Gasteiger partial charge in [0.05, 0.1) is 11.5 Å². The molecule has 0 aliphatic heterocycles. The summed E-state index contributed by atoms with van der Waals surface area (Å²) in [6.45, 7) is 2.02. The van der Waals surface area contributed by atoms with Crippen LogP contribution in [-0.2, 0) is 12.5 Å². The fourth-order valence-electron chi connectivity index (χ4n) is 3.19. The summed E-state index contributed by atoms with van der Waals surface area (Å²) < 4.78 is 39.7. The second-order valence-electron chi connectivity index (χ2n) is 6.75. The van der Waals surface area contributed by atoms with E-state index in [0.717, 1.165) is 29.1 Å². The highest BCUT2D eigenvalue weighted by atomic mass is 32.2. The third kappa shape index (κ3) is 3.81. The van der Waals surface area contributed by atoms with Crippen molar-refractivity contribution in [2.45, 2.75) is 40.5 Å². The zero-order valence-corrected chi connectivity index (χ0v) is 17.3. The van der Waals surface area contributed by atoms with Crippen LogP contribution < -0.4 is 0 Å². The number of rotatable bonds is 5. The van der Waals surface area contributed by atoms with E-state index in [2.05, 4.69) is 21.0 Å². The molecule has 0 saturated heterocycles. The summed E-state index contributed by atoms with van der Waals surface area (Å²) in [5.41, 5.74) is -2.41. The minimum Gasteiger partial charge on any atom is -0.310 e. The maximum absolute atomic E-state index is 12.7. The zero-order valence-electron chi connectivity index (χ0n) is 15.6. The van der Waals surface area contributed by atoms with Crippen LogP contribution in [0, 0.1) is 11.3 Å². The molecule has 1 aliphatic carbocycles. The van der Waals surface area contributed by atoms with Crippen molar-refractivity contribution in [1.82, 2.24) is 19.5 Å². The Morgan fingerprint density at radius 3 is 2.62 bits per heavy atom. The number of pyridine rings is 2. The largest absolute Gasteiger partial charge is 0.446 e. The first-order chi connectivity index (χ1) is 13.8. The van der Waals surface area contributed by atoms with Crippen molar-refractivity contribution >= 4 is 34.7 Å². The van der Waals surface area contributed by atoms with Gasteiger partial charge in [0.15, 0.2) is 11.5 Å². The van der Waals surface area contributed by atoms with E-state index in [4.69, 9.17) is 0 Å². The van der Waals surface area contributed by atoms with Crippen LogP contribution in [0.4, 0.5) is 13.2 Å². The lowest BCUT2D eigenvalue weighted by molar-refractivity contribution is -0.0328. The van der Waals surface area contributed by atoms with Crippen molar-refractivity contribution < 1.29 is 13.2 Å². The molecule has 1 fully saturated rings. The third-order valence-electron chi connectivity index (χ3n) is 4.80. The molecule has 29 heavy (non-hydrogen) atoms. The van der Waals surface area contributed by atoms with Crippen molar-refractivity contribution in [3.8, 4) is 17.6 Å². The minimum atomic E-state index is -4.38. The molecule has 0 atom stereocenters. The van der Waals surface area contributed by atoms with Gasteiger partial charge in [-0.3, -0.25) is 4.98 Å². The Labute approximate surface area is 173 Å². The lowest BCUT2D eigenvalue weighted by Gasteiger charge is -2.12. The van der Waals surface area contributed by atoms with Gasteiger partial charge in [-0.2, -0.15) is 18.4 Å². The summed E-state index contributed by atoms with van der Waals surface area (Å²) in [6, 6.07) is 5.76. The van der Waals surface area contributed by atoms with Crippen LogP contribution in [0.2, 0.25) is 0 Å². The van der Waals surface area contributed by atoms with Crippen molar-refractivity contribution in [3.05, 3.63) is 30.1 Å². The molecule has 0 unspecified atom stereocenters. The van der Waals surface area contributed by atoms with Crippen LogP contribution in [0.3, 0.4) is 0 Å². The van der Waals surface area contributed by atoms with Gasteiger partial charge in [-0.15, -0.1) is 11.8 Å². The molecule has 3 aromatic heterocycles. The van der Waals surface area contributed by atoms with Gasteiger partial charge >= 0.3 is 5.51 Å². The standard InChI is InChI=1S/C19H16F3N5S2/c1-3-28-14-6-11(18(10-23)4-5-18)8-24-15(14)17-26-13-7-12(29-19(20,21)22)9-25-16(13)27(17)2/h6-9H,3-5H2,1-2H3. The number of hydrogen-bond donors (Lipinski definition) is 0. The van der Waals surface area contributed by atoms with Gasteiger partial charge in [0.2, 0.25) is 0 Å². The van der Waals surface area contributed by atoms with Gasteiger partial charge in [0, 0.05) is 29.2 Å². The van der Waals surface area contributed by atoms with Crippen molar-refractivity contribution in [2.75, 3.05) is 5.75 Å². The van der Waals surface area contributed by atoms with Gasteiger partial charge in [-0.25, -0.2) is 9.97 Å². The average Bonchev–Trinajstić information content (AvgIpc) is 3.40. The molecule has 10 heteroatoms. The van der Waals surface area contributed by atoms with Gasteiger partial charge in [-0.05, 0) is 48.1 Å². The number of thioether (sulfide) groups is 2. The monoisotopic (exact) mass is 435 g/mol. The lowest BCUT2D eigenvalue weighted by atomic mass is 9.99. The number of halogens is 3. The summed E-state index contributed by atoms with van der Waals surface area (Å²) in [4.78, 5) is 14.2. The fourth-order valence-corrected chi connectivity index (χ4v) is 4.53. The maximum atomic E-state index is 12.7. The van der Waals surface area contributed by atoms with E-state index >= 15 is 0 Å². The van der Waals surface area contributed by atoms with E-state index in [1.54, 1.807) is 29.6 Å². The molecule has 3 heterocycles. The lowest BCUT2D eigenvalue weighted by Crippen LogP contribution is -2.05. The topological polar surface area (TPSA) is 67.4 Å². The number of nitrogens with zero attached hydrogens (tertiary/aromatic N) is 5. The normalized spacial score (nSPS) is 15.4. The number of hydrogen-bond acceptors (Lipinski definition) is 6. The predicted octanol–water partition coefficient (Wildman–Crippen LogP) is 5.31. The summed E-state index contributed by atoms with van der Waals surface area (Å²) in [7, 11) is 1.77. The van der Waals surface area contributed by atoms with Crippen molar-refractivity contribution in [3.63, 3.8) is 0 Å². The highest BCUT2D eigenvalue weighted by Crippen LogP contribution is 2.48. The minimum absolute atomic E-state index is 0.00851. The highest BCUT2D eigenvalue weighted by Gasteiger charge is 2.45. The van der Waals surface area contributed by atoms with E-state index in [1.165, 1.54) is 12.3 Å². The Hall–Kier alpha value is -2.25. The smallest absolute Gasteiger partial charge is 0.310 e. The predicted molar refractivity (Wildman–Crippen MR) is 107 cm³/mol. The van der Waals surface area contributed by atoms with Gasteiger partial charge in [0.25, 0.3) is 0 Å². The second-order valence-corrected chi connectivity index (χ2v) is 9.20.